The van der Waals surface area contributed by atoms with Crippen molar-refractivity contribution in [1.82, 2.24) is 9.78 Å². The Bertz CT molecular complexity index is 728. The molecule has 3 rings (SSSR count). The van der Waals surface area contributed by atoms with Gasteiger partial charge in [0, 0.05) is 29.2 Å². The van der Waals surface area contributed by atoms with E-state index in [0.717, 1.165) is 41.8 Å². The predicted octanol–water partition coefficient (Wildman–Crippen LogP) is 2.97. The van der Waals surface area contributed by atoms with Gasteiger partial charge >= 0.3 is 5.97 Å². The van der Waals surface area contributed by atoms with Crippen LogP contribution in [-0.2, 0) is 17.8 Å². The van der Waals surface area contributed by atoms with E-state index in [-0.39, 0.29) is 12.5 Å². The van der Waals surface area contributed by atoms with Crippen LogP contribution in [0.25, 0.3) is 11.3 Å². The SMILES string of the molecule is N#CCC1CCCc2c1c(-c1ccccc1)nn2CC(=O)O. The van der Waals surface area contributed by atoms with E-state index in [0.29, 0.717) is 6.42 Å². The zero-order chi connectivity index (χ0) is 15.5. The lowest BCUT2D eigenvalue weighted by molar-refractivity contribution is -0.137. The number of rotatable bonds is 4. The lowest BCUT2D eigenvalue weighted by Crippen LogP contribution is -2.16. The number of nitrogens with zero attached hydrogens (tertiary/aromatic N) is 3. The molecule has 1 aromatic carbocycles. The van der Waals surface area contributed by atoms with Crippen molar-refractivity contribution in [3.8, 4) is 17.3 Å². The van der Waals surface area contributed by atoms with Crippen LogP contribution in [0.3, 0.4) is 0 Å². The van der Waals surface area contributed by atoms with Crippen LogP contribution in [0.15, 0.2) is 30.3 Å². The Hall–Kier alpha value is -2.61. The Balaban J connectivity index is 2.15. The summed E-state index contributed by atoms with van der Waals surface area (Å²) in [5.74, 6) is -0.751. The van der Waals surface area contributed by atoms with Gasteiger partial charge in [0.15, 0.2) is 0 Å². The summed E-state index contributed by atoms with van der Waals surface area (Å²) >= 11 is 0. The van der Waals surface area contributed by atoms with Crippen molar-refractivity contribution in [2.24, 2.45) is 0 Å². The largest absolute Gasteiger partial charge is 0.480 e. The van der Waals surface area contributed by atoms with Crippen molar-refractivity contribution < 1.29 is 9.90 Å². The molecule has 22 heavy (non-hydrogen) atoms. The predicted molar refractivity (Wildman–Crippen MR) is 81.2 cm³/mol. The molecule has 1 aliphatic rings. The zero-order valence-electron chi connectivity index (χ0n) is 12.2. The van der Waals surface area contributed by atoms with Gasteiger partial charge in [-0.05, 0) is 19.3 Å². The molecule has 0 saturated heterocycles. The van der Waals surface area contributed by atoms with Crippen LogP contribution >= 0.6 is 0 Å². The van der Waals surface area contributed by atoms with Gasteiger partial charge in [0.1, 0.15) is 6.54 Å². The standard InChI is InChI=1S/C17H17N3O2/c18-10-9-12-7-4-8-14-16(12)17(13-5-2-1-3-6-13)19-20(14)11-15(21)22/h1-3,5-6,12H,4,7-9,11H2,(H,21,22). The number of carbonyl (C=O) groups is 1. The topological polar surface area (TPSA) is 78.9 Å². The molecular weight excluding hydrogens is 278 g/mol. The molecule has 5 nitrogen and oxygen atoms in total. The van der Waals surface area contributed by atoms with Crippen LogP contribution in [0.2, 0.25) is 0 Å². The maximum absolute atomic E-state index is 11.1. The molecule has 0 spiro atoms. The quantitative estimate of drug-likeness (QED) is 0.940. The van der Waals surface area contributed by atoms with Crippen LogP contribution in [0.1, 0.15) is 36.4 Å². The van der Waals surface area contributed by atoms with E-state index in [2.05, 4.69) is 11.2 Å². The minimum Gasteiger partial charge on any atom is -0.480 e. The van der Waals surface area contributed by atoms with E-state index < -0.39 is 5.97 Å². The first kappa shape index (κ1) is 14.3. The van der Waals surface area contributed by atoms with Crippen LogP contribution < -0.4 is 0 Å². The summed E-state index contributed by atoms with van der Waals surface area (Å²) in [5, 5.41) is 22.8. The Morgan fingerprint density at radius 3 is 2.86 bits per heavy atom. The number of fused-ring (bicyclic) bond motifs is 1. The zero-order valence-corrected chi connectivity index (χ0v) is 12.2. The second-order valence-corrected chi connectivity index (χ2v) is 5.58. The van der Waals surface area contributed by atoms with Crippen molar-refractivity contribution in [2.75, 3.05) is 0 Å². The monoisotopic (exact) mass is 295 g/mol. The number of aliphatic carboxylic acids is 1. The molecule has 5 heteroatoms. The first-order valence-electron chi connectivity index (χ1n) is 7.44. The number of hydrogen-bond acceptors (Lipinski definition) is 3. The summed E-state index contributed by atoms with van der Waals surface area (Å²) in [4.78, 5) is 11.1. The third kappa shape index (κ3) is 2.60. The smallest absolute Gasteiger partial charge is 0.325 e. The molecule has 0 amide bonds. The molecule has 0 aliphatic heterocycles. The maximum atomic E-state index is 11.1. The lowest BCUT2D eigenvalue weighted by atomic mass is 9.82. The molecule has 1 aliphatic carbocycles. The van der Waals surface area contributed by atoms with E-state index in [1.54, 1.807) is 4.68 Å². The van der Waals surface area contributed by atoms with Gasteiger partial charge in [-0.15, -0.1) is 0 Å². The van der Waals surface area contributed by atoms with Crippen LogP contribution in [0.4, 0.5) is 0 Å². The lowest BCUT2D eigenvalue weighted by Gasteiger charge is -2.22. The number of benzene rings is 1. The Kier molecular flexibility index (Phi) is 3.92. The highest BCUT2D eigenvalue weighted by molar-refractivity contribution is 5.69. The van der Waals surface area contributed by atoms with Gasteiger partial charge in [0.2, 0.25) is 0 Å². The fraction of sp³-hybridized carbons (Fsp3) is 0.353. The normalized spacial score (nSPS) is 16.8. The van der Waals surface area contributed by atoms with E-state index >= 15 is 0 Å². The third-order valence-electron chi connectivity index (χ3n) is 4.14. The molecular formula is C17H17N3O2. The second kappa shape index (κ2) is 6.02. The fourth-order valence-corrected chi connectivity index (χ4v) is 3.25. The molecule has 0 bridgehead atoms. The van der Waals surface area contributed by atoms with Gasteiger partial charge in [-0.25, -0.2) is 0 Å². The van der Waals surface area contributed by atoms with Crippen molar-refractivity contribution in [2.45, 2.75) is 38.1 Å². The van der Waals surface area contributed by atoms with E-state index in [4.69, 9.17) is 10.4 Å². The Morgan fingerprint density at radius 2 is 2.18 bits per heavy atom. The minimum atomic E-state index is -0.896. The molecule has 0 saturated carbocycles. The molecule has 2 aromatic rings. The van der Waals surface area contributed by atoms with Gasteiger partial charge in [-0.1, -0.05) is 30.3 Å². The van der Waals surface area contributed by atoms with Crippen LogP contribution in [0.5, 0.6) is 0 Å². The highest BCUT2D eigenvalue weighted by atomic mass is 16.4. The van der Waals surface area contributed by atoms with Crippen LogP contribution in [0, 0.1) is 11.3 Å². The van der Waals surface area contributed by atoms with Gasteiger partial charge < -0.3 is 5.11 Å². The average Bonchev–Trinajstić information content (AvgIpc) is 2.88. The number of hydrogen-bond donors (Lipinski definition) is 1. The minimum absolute atomic E-state index is 0.131. The molecule has 0 radical (unpaired) electrons. The number of carboxylic acid groups (broad SMARTS) is 1. The Labute approximate surface area is 128 Å². The average molecular weight is 295 g/mol. The van der Waals surface area contributed by atoms with Crippen LogP contribution in [-0.4, -0.2) is 20.9 Å². The van der Waals surface area contributed by atoms with Crippen molar-refractivity contribution in [3.05, 3.63) is 41.6 Å². The fourth-order valence-electron chi connectivity index (χ4n) is 3.25. The summed E-state index contributed by atoms with van der Waals surface area (Å²) in [6, 6.07) is 12.0. The van der Waals surface area contributed by atoms with Gasteiger partial charge in [-0.2, -0.15) is 10.4 Å². The van der Waals surface area contributed by atoms with Crippen molar-refractivity contribution in [1.29, 1.82) is 5.26 Å². The summed E-state index contributed by atoms with van der Waals surface area (Å²) in [5.41, 5.74) is 3.86. The van der Waals surface area contributed by atoms with E-state index in [9.17, 15) is 4.79 Å². The van der Waals surface area contributed by atoms with E-state index in [1.165, 1.54) is 0 Å². The maximum Gasteiger partial charge on any atom is 0.325 e. The van der Waals surface area contributed by atoms with Gasteiger partial charge in [0.25, 0.3) is 0 Å². The third-order valence-corrected chi connectivity index (χ3v) is 4.14. The Morgan fingerprint density at radius 1 is 1.41 bits per heavy atom. The van der Waals surface area contributed by atoms with Crippen molar-refractivity contribution in [3.63, 3.8) is 0 Å². The molecule has 1 N–H and O–H groups in total. The first-order valence-corrected chi connectivity index (χ1v) is 7.44. The second-order valence-electron chi connectivity index (χ2n) is 5.58. The summed E-state index contributed by atoms with van der Waals surface area (Å²) in [6.45, 7) is -0.131. The molecule has 1 aromatic heterocycles. The molecule has 112 valence electrons. The molecule has 1 heterocycles. The molecule has 0 fully saturated rings. The first-order chi connectivity index (χ1) is 10.7. The summed E-state index contributed by atoms with van der Waals surface area (Å²) in [7, 11) is 0. The summed E-state index contributed by atoms with van der Waals surface area (Å²) < 4.78 is 1.60. The van der Waals surface area contributed by atoms with Crippen molar-refractivity contribution >= 4 is 5.97 Å². The summed E-state index contributed by atoms with van der Waals surface area (Å²) in [6.07, 6.45) is 3.20. The van der Waals surface area contributed by atoms with E-state index in [1.807, 2.05) is 30.3 Å². The highest BCUT2D eigenvalue weighted by Gasteiger charge is 2.29. The molecule has 1 atom stereocenters. The molecule has 1 unspecified atom stereocenters. The number of aromatic nitrogens is 2. The number of carboxylic acids is 1. The highest BCUT2D eigenvalue weighted by Crippen LogP contribution is 2.40. The van der Waals surface area contributed by atoms with Gasteiger partial charge in [-0.3, -0.25) is 9.48 Å². The number of nitriles is 1. The van der Waals surface area contributed by atoms with Gasteiger partial charge in [0.05, 0.1) is 11.8 Å².